The minimum atomic E-state index is -0.271. The highest BCUT2D eigenvalue weighted by Gasteiger charge is 2.24. The van der Waals surface area contributed by atoms with E-state index in [2.05, 4.69) is 27.8 Å². The lowest BCUT2D eigenvalue weighted by Crippen LogP contribution is -2.38. The van der Waals surface area contributed by atoms with Crippen LogP contribution >= 0.6 is 0 Å². The number of hydrogen-bond donors (Lipinski definition) is 1. The molecule has 1 amide bonds. The molecule has 0 bridgehead atoms. The van der Waals surface area contributed by atoms with Gasteiger partial charge in [0, 0.05) is 37.3 Å². The Labute approximate surface area is 152 Å². The van der Waals surface area contributed by atoms with Gasteiger partial charge in [-0.15, -0.1) is 0 Å². The van der Waals surface area contributed by atoms with Gasteiger partial charge in [-0.1, -0.05) is 12.1 Å². The molecule has 1 saturated heterocycles. The predicted molar refractivity (Wildman–Crippen MR) is 101 cm³/mol. The zero-order chi connectivity index (χ0) is 18.1. The van der Waals surface area contributed by atoms with Crippen molar-refractivity contribution in [3.63, 3.8) is 0 Å². The molecule has 6 nitrogen and oxygen atoms in total. The van der Waals surface area contributed by atoms with Crippen molar-refractivity contribution in [1.29, 1.82) is 0 Å². The van der Waals surface area contributed by atoms with Crippen molar-refractivity contribution >= 4 is 16.8 Å². The molecule has 1 aromatic carbocycles. The van der Waals surface area contributed by atoms with Gasteiger partial charge < -0.3 is 14.6 Å². The van der Waals surface area contributed by atoms with Gasteiger partial charge in [-0.05, 0) is 37.9 Å². The molecule has 6 heteroatoms. The smallest absolute Gasteiger partial charge is 0.256 e. The molecule has 2 aliphatic rings. The Bertz CT molecular complexity index is 884. The average Bonchev–Trinajstić information content (AvgIpc) is 2.98. The number of aromatic nitrogens is 1. The number of rotatable bonds is 5. The molecule has 0 radical (unpaired) electrons. The molecule has 1 fully saturated rings. The van der Waals surface area contributed by atoms with Crippen molar-refractivity contribution in [2.45, 2.75) is 25.8 Å². The van der Waals surface area contributed by atoms with Crippen LogP contribution in [-0.4, -0.2) is 54.8 Å². The van der Waals surface area contributed by atoms with Crippen LogP contribution in [0.25, 0.3) is 10.9 Å². The summed E-state index contributed by atoms with van der Waals surface area (Å²) in [5.74, 6) is -0.271. The van der Waals surface area contributed by atoms with Crippen LogP contribution in [0.15, 0.2) is 29.2 Å². The summed E-state index contributed by atoms with van der Waals surface area (Å²) < 4.78 is 7.41. The van der Waals surface area contributed by atoms with E-state index in [1.807, 2.05) is 12.1 Å². The number of nitrogens with one attached hydrogen (secondary N) is 1. The SMILES string of the molecule is C[C@@H]1Cc2cccc3c(=O)c(C(=O)NCCCN4CCOCC4)cn1c23. The molecular formula is C20H25N3O3. The number of morpholine rings is 1. The van der Waals surface area contributed by atoms with Gasteiger partial charge in [-0.2, -0.15) is 0 Å². The van der Waals surface area contributed by atoms with E-state index in [1.54, 1.807) is 6.20 Å². The summed E-state index contributed by atoms with van der Waals surface area (Å²) in [6.07, 6.45) is 3.51. The van der Waals surface area contributed by atoms with Crippen molar-refractivity contribution in [2.75, 3.05) is 39.4 Å². The van der Waals surface area contributed by atoms with E-state index in [4.69, 9.17) is 4.74 Å². The number of nitrogens with zero attached hydrogens (tertiary/aromatic N) is 2. The van der Waals surface area contributed by atoms with E-state index >= 15 is 0 Å². The van der Waals surface area contributed by atoms with Gasteiger partial charge in [0.1, 0.15) is 5.56 Å². The van der Waals surface area contributed by atoms with E-state index in [9.17, 15) is 9.59 Å². The lowest BCUT2D eigenvalue weighted by atomic mass is 10.1. The van der Waals surface area contributed by atoms with E-state index in [-0.39, 0.29) is 22.9 Å². The van der Waals surface area contributed by atoms with Gasteiger partial charge in [0.25, 0.3) is 5.91 Å². The van der Waals surface area contributed by atoms with Gasteiger partial charge in [0.15, 0.2) is 0 Å². The van der Waals surface area contributed by atoms with Crippen LogP contribution in [0.3, 0.4) is 0 Å². The second-order valence-electron chi connectivity index (χ2n) is 7.21. The molecule has 0 saturated carbocycles. The fourth-order valence-electron chi connectivity index (χ4n) is 4.00. The molecule has 2 aliphatic heterocycles. The van der Waals surface area contributed by atoms with Crippen molar-refractivity contribution < 1.29 is 9.53 Å². The van der Waals surface area contributed by atoms with Crippen molar-refractivity contribution in [1.82, 2.24) is 14.8 Å². The first-order chi connectivity index (χ1) is 12.6. The Morgan fingerprint density at radius 2 is 2.12 bits per heavy atom. The average molecular weight is 355 g/mol. The monoisotopic (exact) mass is 355 g/mol. The van der Waals surface area contributed by atoms with Crippen LogP contribution < -0.4 is 10.7 Å². The van der Waals surface area contributed by atoms with Gasteiger partial charge in [0.05, 0.1) is 18.7 Å². The highest BCUT2D eigenvalue weighted by Crippen LogP contribution is 2.30. The maximum atomic E-state index is 12.8. The summed E-state index contributed by atoms with van der Waals surface area (Å²) in [4.78, 5) is 27.7. The molecule has 138 valence electrons. The molecule has 0 aliphatic carbocycles. The second kappa shape index (κ2) is 7.21. The number of para-hydroxylation sites is 1. The molecule has 26 heavy (non-hydrogen) atoms. The summed E-state index contributed by atoms with van der Waals surface area (Å²) in [5, 5.41) is 3.56. The maximum absolute atomic E-state index is 12.8. The number of amides is 1. The quantitative estimate of drug-likeness (QED) is 0.827. The van der Waals surface area contributed by atoms with Crippen molar-refractivity contribution in [2.24, 2.45) is 0 Å². The van der Waals surface area contributed by atoms with E-state index in [1.165, 1.54) is 5.56 Å². The summed E-state index contributed by atoms with van der Waals surface area (Å²) in [6, 6.07) is 6.06. The zero-order valence-electron chi connectivity index (χ0n) is 15.2. The van der Waals surface area contributed by atoms with E-state index < -0.39 is 0 Å². The molecule has 0 unspecified atom stereocenters. The Kier molecular flexibility index (Phi) is 4.78. The second-order valence-corrected chi connectivity index (χ2v) is 7.21. The third-order valence-electron chi connectivity index (χ3n) is 5.41. The molecule has 2 aromatic rings. The Morgan fingerprint density at radius 1 is 1.31 bits per heavy atom. The van der Waals surface area contributed by atoms with E-state index in [0.29, 0.717) is 11.9 Å². The maximum Gasteiger partial charge on any atom is 0.256 e. The third-order valence-corrected chi connectivity index (χ3v) is 5.41. The fourth-order valence-corrected chi connectivity index (χ4v) is 4.00. The Hall–Kier alpha value is -2.18. The molecule has 4 rings (SSSR count). The van der Waals surface area contributed by atoms with Gasteiger partial charge in [0.2, 0.25) is 5.43 Å². The Balaban J connectivity index is 1.46. The van der Waals surface area contributed by atoms with E-state index in [0.717, 1.165) is 51.2 Å². The number of hydrogen-bond acceptors (Lipinski definition) is 4. The topological polar surface area (TPSA) is 63.6 Å². The summed E-state index contributed by atoms with van der Waals surface area (Å²) in [6.45, 7) is 7.09. The first kappa shape index (κ1) is 17.2. The lowest BCUT2D eigenvalue weighted by molar-refractivity contribution is 0.0374. The number of pyridine rings is 1. The molecule has 1 aromatic heterocycles. The van der Waals surface area contributed by atoms with Crippen LogP contribution in [0.1, 0.15) is 35.3 Å². The number of ether oxygens (including phenoxy) is 1. The zero-order valence-corrected chi connectivity index (χ0v) is 15.2. The number of carbonyl (C=O) groups excluding carboxylic acids is 1. The highest BCUT2D eigenvalue weighted by molar-refractivity contribution is 5.98. The van der Waals surface area contributed by atoms with Crippen LogP contribution in [0.2, 0.25) is 0 Å². The van der Waals surface area contributed by atoms with Gasteiger partial charge >= 0.3 is 0 Å². The number of carbonyl (C=O) groups is 1. The van der Waals surface area contributed by atoms with Crippen LogP contribution in [0, 0.1) is 0 Å². The molecule has 1 atom stereocenters. The summed E-state index contributed by atoms with van der Waals surface area (Å²) in [7, 11) is 0. The minimum absolute atomic E-state index is 0.169. The lowest BCUT2D eigenvalue weighted by Gasteiger charge is -2.26. The van der Waals surface area contributed by atoms with Crippen LogP contribution in [0.4, 0.5) is 0 Å². The number of benzene rings is 1. The molecule has 0 spiro atoms. The highest BCUT2D eigenvalue weighted by atomic mass is 16.5. The first-order valence-corrected chi connectivity index (χ1v) is 9.40. The minimum Gasteiger partial charge on any atom is -0.379 e. The first-order valence-electron chi connectivity index (χ1n) is 9.40. The van der Waals surface area contributed by atoms with Crippen molar-refractivity contribution in [3.8, 4) is 0 Å². The standard InChI is InChI=1S/C20H25N3O3/c1-14-12-15-4-2-5-16-18(15)23(14)13-17(19(16)24)20(25)21-6-3-7-22-8-10-26-11-9-22/h2,4-5,13-14H,3,6-12H2,1H3,(H,21,25)/t14-/m1/s1. The van der Waals surface area contributed by atoms with Crippen LogP contribution in [0.5, 0.6) is 0 Å². The third kappa shape index (κ3) is 3.15. The van der Waals surface area contributed by atoms with Crippen LogP contribution in [-0.2, 0) is 11.2 Å². The molecule has 1 N–H and O–H groups in total. The largest absolute Gasteiger partial charge is 0.379 e. The summed E-state index contributed by atoms with van der Waals surface area (Å²) >= 11 is 0. The summed E-state index contributed by atoms with van der Waals surface area (Å²) in [5.41, 5.74) is 2.24. The van der Waals surface area contributed by atoms with Gasteiger partial charge in [-0.3, -0.25) is 14.5 Å². The Morgan fingerprint density at radius 3 is 2.92 bits per heavy atom. The normalized spacial score (nSPS) is 19.8. The molecule has 3 heterocycles. The predicted octanol–water partition coefficient (Wildman–Crippen LogP) is 1.57. The fraction of sp³-hybridized carbons (Fsp3) is 0.500. The van der Waals surface area contributed by atoms with Crippen molar-refractivity contribution in [3.05, 3.63) is 45.7 Å². The molecular weight excluding hydrogens is 330 g/mol. The van der Waals surface area contributed by atoms with Gasteiger partial charge in [-0.25, -0.2) is 0 Å².